The summed E-state index contributed by atoms with van der Waals surface area (Å²) >= 11 is 0. The molecule has 1 rings (SSSR count). The summed E-state index contributed by atoms with van der Waals surface area (Å²) in [5.74, 6) is -2.55. The van der Waals surface area contributed by atoms with Crippen LogP contribution in [0.25, 0.3) is 0 Å². The molecule has 0 radical (unpaired) electrons. The number of phenols is 1. The van der Waals surface area contributed by atoms with Crippen LogP contribution in [-0.2, 0) is 19.1 Å². The van der Waals surface area contributed by atoms with Crippen LogP contribution in [0.15, 0.2) is 18.2 Å². The third kappa shape index (κ3) is 8.54. The average molecular weight is 481 g/mol. The van der Waals surface area contributed by atoms with E-state index in [1.54, 1.807) is 53.7 Å². The fourth-order valence-corrected chi connectivity index (χ4v) is 3.24. The number of aliphatic hydroxyl groups is 1. The van der Waals surface area contributed by atoms with Gasteiger partial charge in [-0.05, 0) is 47.1 Å². The molecule has 2 atom stereocenters. The maximum atomic E-state index is 13.5. The van der Waals surface area contributed by atoms with Gasteiger partial charge in [-0.15, -0.1) is 0 Å². The van der Waals surface area contributed by atoms with E-state index in [2.05, 4.69) is 10.6 Å². The van der Waals surface area contributed by atoms with Crippen molar-refractivity contribution in [2.75, 3.05) is 13.2 Å². The molecule has 1 aromatic carbocycles. The lowest BCUT2D eigenvalue weighted by Crippen LogP contribution is -2.55. The molecule has 1 aromatic rings. The number of hydrogen-bond acceptors (Lipinski definition) is 7. The number of phenolic OH excluding ortho intramolecular Hbond substituents is 1. The molecule has 0 bridgehead atoms. The number of nitrogens with zero attached hydrogens (tertiary/aromatic N) is 1. The summed E-state index contributed by atoms with van der Waals surface area (Å²) in [4.78, 5) is 51.7. The van der Waals surface area contributed by atoms with Gasteiger partial charge in [-0.2, -0.15) is 0 Å². The molecule has 0 aliphatic heterocycles. The number of carbonyl (C=O) groups excluding carboxylic acids is 4. The number of ether oxygens (including phenoxy) is 1. The molecule has 4 amide bonds. The number of hydrogen-bond donors (Lipinski definition) is 5. The Hall–Kier alpha value is -3.34. The molecule has 0 heterocycles. The number of aryl methyl sites for hydroxylation is 1. The zero-order chi connectivity index (χ0) is 26.2. The zero-order valence-electron chi connectivity index (χ0n) is 20.5. The third-order valence-corrected chi connectivity index (χ3v) is 4.57. The Morgan fingerprint density at radius 1 is 1.15 bits per heavy atom. The van der Waals surface area contributed by atoms with E-state index in [0.717, 1.165) is 4.90 Å². The highest BCUT2D eigenvalue weighted by atomic mass is 16.6. The molecule has 0 saturated carbocycles. The fourth-order valence-electron chi connectivity index (χ4n) is 3.24. The van der Waals surface area contributed by atoms with Gasteiger partial charge in [0.2, 0.25) is 17.7 Å². The molecule has 6 N–H and O–H groups in total. The molecule has 11 heteroatoms. The number of alkyl carbamates (subject to hydrolysis) is 1. The first-order valence-electron chi connectivity index (χ1n) is 11.0. The molecule has 34 heavy (non-hydrogen) atoms. The zero-order valence-corrected chi connectivity index (χ0v) is 20.5. The van der Waals surface area contributed by atoms with Gasteiger partial charge in [0.1, 0.15) is 23.4 Å². The number of benzene rings is 1. The van der Waals surface area contributed by atoms with Crippen molar-refractivity contribution in [3.8, 4) is 5.75 Å². The maximum absolute atomic E-state index is 13.5. The van der Waals surface area contributed by atoms with Gasteiger partial charge in [0.25, 0.3) is 0 Å². The molecule has 0 saturated heterocycles. The number of primary amides is 1. The molecule has 11 nitrogen and oxygen atoms in total. The van der Waals surface area contributed by atoms with Crippen LogP contribution < -0.4 is 16.4 Å². The number of nitrogens with two attached hydrogens (primary N) is 1. The van der Waals surface area contributed by atoms with E-state index in [9.17, 15) is 29.4 Å². The van der Waals surface area contributed by atoms with Crippen LogP contribution in [0.1, 0.15) is 58.2 Å². The molecule has 0 aliphatic carbocycles. The second-order valence-electron chi connectivity index (χ2n) is 9.20. The summed E-state index contributed by atoms with van der Waals surface area (Å²) in [7, 11) is 0. The monoisotopic (exact) mass is 480 g/mol. The quantitative estimate of drug-likeness (QED) is 0.330. The highest BCUT2D eigenvalue weighted by Crippen LogP contribution is 2.32. The van der Waals surface area contributed by atoms with E-state index in [1.165, 1.54) is 6.07 Å². The lowest BCUT2D eigenvalue weighted by molar-refractivity contribution is -0.144. The van der Waals surface area contributed by atoms with Gasteiger partial charge in [0, 0.05) is 18.2 Å². The summed E-state index contributed by atoms with van der Waals surface area (Å²) in [6.07, 6.45) is -1.53. The summed E-state index contributed by atoms with van der Waals surface area (Å²) in [6.45, 7) is 9.11. The maximum Gasteiger partial charge on any atom is 0.408 e. The standard InChI is InChI=1S/C23H36N4O7/c1-13(2)25-20(31)18(15-9-7-8-14(3)19(15)30)27(10-11-28)21(32)16(12-17(24)29)26-22(33)34-23(4,5)6/h7-9,13,16,18,28,30H,10-12H2,1-6H3,(H2,24,29)(H,25,31)(H,26,33). The first-order valence-corrected chi connectivity index (χ1v) is 11.0. The van der Waals surface area contributed by atoms with Crippen molar-refractivity contribution >= 4 is 23.8 Å². The van der Waals surface area contributed by atoms with E-state index in [0.29, 0.717) is 5.56 Å². The summed E-state index contributed by atoms with van der Waals surface area (Å²) in [5.41, 5.74) is 5.01. The molecule has 0 aliphatic rings. The predicted octanol–water partition coefficient (Wildman–Crippen LogP) is 0.856. The van der Waals surface area contributed by atoms with E-state index in [1.807, 2.05) is 0 Å². The Morgan fingerprint density at radius 2 is 1.76 bits per heavy atom. The minimum absolute atomic E-state index is 0.120. The van der Waals surface area contributed by atoms with Gasteiger partial charge in [-0.1, -0.05) is 18.2 Å². The Kier molecular flexibility index (Phi) is 10.3. The van der Waals surface area contributed by atoms with Crippen LogP contribution in [-0.4, -0.2) is 69.8 Å². The highest BCUT2D eigenvalue weighted by Gasteiger charge is 2.38. The predicted molar refractivity (Wildman–Crippen MR) is 125 cm³/mol. The Balaban J connectivity index is 3.51. The van der Waals surface area contributed by atoms with E-state index in [4.69, 9.17) is 10.5 Å². The Morgan fingerprint density at radius 3 is 2.26 bits per heavy atom. The largest absolute Gasteiger partial charge is 0.507 e. The molecule has 190 valence electrons. The number of para-hydroxylation sites is 1. The van der Waals surface area contributed by atoms with Crippen LogP contribution in [0, 0.1) is 6.92 Å². The third-order valence-electron chi connectivity index (χ3n) is 4.57. The summed E-state index contributed by atoms with van der Waals surface area (Å²) in [5, 5.41) is 25.4. The van der Waals surface area contributed by atoms with Gasteiger partial charge in [0.05, 0.1) is 13.0 Å². The minimum Gasteiger partial charge on any atom is -0.507 e. The molecule has 2 unspecified atom stereocenters. The Labute approximate surface area is 199 Å². The lowest BCUT2D eigenvalue weighted by Gasteiger charge is -2.34. The van der Waals surface area contributed by atoms with Crippen LogP contribution >= 0.6 is 0 Å². The van der Waals surface area contributed by atoms with Crippen LogP contribution in [0.2, 0.25) is 0 Å². The molecule has 0 fully saturated rings. The molecule has 0 spiro atoms. The van der Waals surface area contributed by atoms with Gasteiger partial charge in [0.15, 0.2) is 0 Å². The first-order chi connectivity index (χ1) is 15.7. The number of nitrogens with one attached hydrogen (secondary N) is 2. The van der Waals surface area contributed by atoms with Gasteiger partial charge < -0.3 is 36.2 Å². The minimum atomic E-state index is -1.47. The lowest BCUT2D eigenvalue weighted by atomic mass is 9.98. The Bertz CT molecular complexity index is 896. The topological polar surface area (TPSA) is 171 Å². The van der Waals surface area contributed by atoms with E-state index < -0.39 is 54.5 Å². The summed E-state index contributed by atoms with van der Waals surface area (Å²) in [6, 6.07) is 1.59. The second-order valence-corrected chi connectivity index (χ2v) is 9.20. The van der Waals surface area contributed by atoms with Gasteiger partial charge in [-0.25, -0.2) is 4.79 Å². The average Bonchev–Trinajstić information content (AvgIpc) is 2.67. The number of aromatic hydroxyl groups is 1. The van der Waals surface area contributed by atoms with Crippen LogP contribution in [0.5, 0.6) is 5.75 Å². The smallest absolute Gasteiger partial charge is 0.408 e. The van der Waals surface area contributed by atoms with Crippen molar-refractivity contribution < 1.29 is 34.1 Å². The fraction of sp³-hybridized carbons (Fsp3) is 0.565. The number of rotatable bonds is 10. The number of aliphatic hydroxyl groups excluding tert-OH is 1. The van der Waals surface area contributed by atoms with E-state index >= 15 is 0 Å². The van der Waals surface area contributed by atoms with Crippen molar-refractivity contribution in [3.05, 3.63) is 29.3 Å². The first kappa shape index (κ1) is 28.7. The van der Waals surface area contributed by atoms with E-state index in [-0.39, 0.29) is 23.9 Å². The van der Waals surface area contributed by atoms with Crippen molar-refractivity contribution in [1.82, 2.24) is 15.5 Å². The highest BCUT2D eigenvalue weighted by molar-refractivity contribution is 5.94. The van der Waals surface area contributed by atoms with Crippen molar-refractivity contribution in [2.45, 2.75) is 71.7 Å². The SMILES string of the molecule is Cc1cccc(C(C(=O)NC(C)C)N(CCO)C(=O)C(CC(N)=O)NC(=O)OC(C)(C)C)c1O. The van der Waals surface area contributed by atoms with Crippen molar-refractivity contribution in [1.29, 1.82) is 0 Å². The van der Waals surface area contributed by atoms with Crippen molar-refractivity contribution in [2.24, 2.45) is 5.73 Å². The van der Waals surface area contributed by atoms with Crippen molar-refractivity contribution in [3.63, 3.8) is 0 Å². The van der Waals surface area contributed by atoms with Crippen LogP contribution in [0.4, 0.5) is 4.79 Å². The van der Waals surface area contributed by atoms with Crippen LogP contribution in [0.3, 0.4) is 0 Å². The molecular weight excluding hydrogens is 444 g/mol. The molecule has 0 aromatic heterocycles. The normalized spacial score (nSPS) is 13.1. The number of amides is 4. The van der Waals surface area contributed by atoms with Gasteiger partial charge in [-0.3, -0.25) is 14.4 Å². The summed E-state index contributed by atoms with van der Waals surface area (Å²) < 4.78 is 5.18. The second kappa shape index (κ2) is 12.2. The van der Waals surface area contributed by atoms with Gasteiger partial charge >= 0.3 is 6.09 Å². The molecular formula is C23H36N4O7. The number of carbonyl (C=O) groups is 4.